The largest absolute Gasteiger partial charge is 0.401 e. The van der Waals surface area contributed by atoms with Gasteiger partial charge in [-0.1, -0.05) is 0 Å². The van der Waals surface area contributed by atoms with Crippen LogP contribution in [-0.4, -0.2) is 61.4 Å². The second kappa shape index (κ2) is 4.29. The van der Waals surface area contributed by atoms with E-state index in [1.807, 2.05) is 0 Å². The van der Waals surface area contributed by atoms with Crippen LogP contribution in [0.1, 0.15) is 13.8 Å². The fraction of sp³-hybridized carbons (Fsp3) is 1.00. The number of halogens is 3. The van der Waals surface area contributed by atoms with E-state index >= 15 is 0 Å². The Kier molecular flexibility index (Phi) is 3.66. The van der Waals surface area contributed by atoms with E-state index in [1.54, 1.807) is 0 Å². The number of nitrogens with zero attached hydrogens (tertiary/aromatic N) is 2. The molecular formula is C10H20F3N2+. The average Bonchev–Trinajstić information content (AvgIpc) is 2.07. The monoisotopic (exact) mass is 225 g/mol. The molecule has 0 unspecified atom stereocenters. The first-order chi connectivity index (χ1) is 6.73. The van der Waals surface area contributed by atoms with Gasteiger partial charge in [-0.25, -0.2) is 0 Å². The molecule has 1 rings (SSSR count). The van der Waals surface area contributed by atoms with Gasteiger partial charge in [-0.2, -0.15) is 13.2 Å². The summed E-state index contributed by atoms with van der Waals surface area (Å²) in [7, 11) is 2.12. The number of piperazine rings is 1. The Balaban J connectivity index is 2.43. The summed E-state index contributed by atoms with van der Waals surface area (Å²) in [6, 6.07) is 0.484. The highest BCUT2D eigenvalue weighted by Gasteiger charge is 2.36. The molecule has 0 saturated carbocycles. The van der Waals surface area contributed by atoms with Gasteiger partial charge in [-0.15, -0.1) is 0 Å². The van der Waals surface area contributed by atoms with Crippen molar-refractivity contribution < 1.29 is 17.7 Å². The summed E-state index contributed by atoms with van der Waals surface area (Å²) in [6.45, 7) is 6.22. The van der Waals surface area contributed by atoms with Gasteiger partial charge < -0.3 is 4.48 Å². The lowest BCUT2D eigenvalue weighted by atomic mass is 10.2. The molecule has 1 heterocycles. The van der Waals surface area contributed by atoms with Crippen molar-refractivity contribution in [2.45, 2.75) is 26.1 Å². The lowest BCUT2D eigenvalue weighted by Crippen LogP contribution is -2.61. The Morgan fingerprint density at radius 2 is 1.67 bits per heavy atom. The Labute approximate surface area is 89.2 Å². The van der Waals surface area contributed by atoms with E-state index < -0.39 is 12.7 Å². The molecule has 2 nitrogen and oxygen atoms in total. The third-order valence-electron chi connectivity index (χ3n) is 3.50. The Morgan fingerprint density at radius 3 is 2.00 bits per heavy atom. The predicted molar refractivity (Wildman–Crippen MR) is 53.5 cm³/mol. The number of quaternary nitrogens is 1. The van der Waals surface area contributed by atoms with Gasteiger partial charge in [0.05, 0.1) is 32.7 Å². The van der Waals surface area contributed by atoms with Gasteiger partial charge >= 0.3 is 6.18 Å². The van der Waals surface area contributed by atoms with E-state index in [4.69, 9.17) is 0 Å². The van der Waals surface area contributed by atoms with E-state index in [0.29, 0.717) is 19.1 Å². The molecule has 90 valence electrons. The summed E-state index contributed by atoms with van der Waals surface area (Å²) in [5.41, 5.74) is 0. The predicted octanol–water partition coefficient (Wildman–Crippen LogP) is 1.72. The van der Waals surface area contributed by atoms with Crippen molar-refractivity contribution in [3.8, 4) is 0 Å². The van der Waals surface area contributed by atoms with E-state index in [1.165, 1.54) is 4.90 Å². The minimum absolute atomic E-state index is 0.484. The molecule has 0 spiro atoms. The van der Waals surface area contributed by atoms with Crippen LogP contribution in [0.3, 0.4) is 0 Å². The van der Waals surface area contributed by atoms with Crippen molar-refractivity contribution in [3.63, 3.8) is 0 Å². The van der Waals surface area contributed by atoms with Crippen LogP contribution in [0, 0.1) is 0 Å². The number of rotatable bonds is 2. The second-order valence-electron chi connectivity index (χ2n) is 4.91. The van der Waals surface area contributed by atoms with Gasteiger partial charge in [-0.05, 0) is 13.8 Å². The van der Waals surface area contributed by atoms with E-state index in [0.717, 1.165) is 17.6 Å². The lowest BCUT2D eigenvalue weighted by Gasteiger charge is -2.45. The van der Waals surface area contributed by atoms with Gasteiger partial charge in [0.15, 0.2) is 0 Å². The van der Waals surface area contributed by atoms with E-state index in [2.05, 4.69) is 20.9 Å². The molecule has 0 aromatic heterocycles. The van der Waals surface area contributed by atoms with Crippen molar-refractivity contribution in [3.05, 3.63) is 0 Å². The molecule has 0 amide bonds. The molecule has 5 heteroatoms. The maximum absolute atomic E-state index is 12.1. The normalized spacial score (nSPS) is 23.4. The fourth-order valence-electron chi connectivity index (χ4n) is 1.89. The Bertz CT molecular complexity index is 205. The van der Waals surface area contributed by atoms with Crippen LogP contribution in [0.25, 0.3) is 0 Å². The molecular weight excluding hydrogens is 205 g/mol. The summed E-state index contributed by atoms with van der Waals surface area (Å²) in [5, 5.41) is 0. The molecule has 0 bridgehead atoms. The molecule has 1 aliphatic rings. The molecule has 1 saturated heterocycles. The quantitative estimate of drug-likeness (QED) is 0.647. The first kappa shape index (κ1) is 12.8. The maximum atomic E-state index is 12.1. The van der Waals surface area contributed by atoms with Crippen molar-refractivity contribution in [2.75, 3.05) is 39.8 Å². The molecule has 1 fully saturated rings. The third-order valence-corrected chi connectivity index (χ3v) is 3.50. The van der Waals surface area contributed by atoms with Crippen molar-refractivity contribution in [1.82, 2.24) is 4.90 Å². The van der Waals surface area contributed by atoms with Gasteiger partial charge in [0, 0.05) is 13.1 Å². The summed E-state index contributed by atoms with van der Waals surface area (Å²) in [4.78, 5) is 1.50. The number of alkyl halides is 3. The van der Waals surface area contributed by atoms with Crippen LogP contribution < -0.4 is 0 Å². The number of likely N-dealkylation sites (N-methyl/N-ethyl adjacent to an activating group) is 1. The van der Waals surface area contributed by atoms with E-state index in [-0.39, 0.29) is 0 Å². The summed E-state index contributed by atoms with van der Waals surface area (Å²) in [5.74, 6) is 0. The van der Waals surface area contributed by atoms with Crippen molar-refractivity contribution in [1.29, 1.82) is 0 Å². The zero-order chi connectivity index (χ0) is 11.7. The Hall–Kier alpha value is -0.290. The van der Waals surface area contributed by atoms with Crippen molar-refractivity contribution >= 4 is 0 Å². The zero-order valence-corrected chi connectivity index (χ0v) is 9.64. The number of hydrogen-bond donors (Lipinski definition) is 0. The van der Waals surface area contributed by atoms with Gasteiger partial charge in [-0.3, -0.25) is 4.90 Å². The average molecular weight is 225 g/mol. The molecule has 0 atom stereocenters. The highest BCUT2D eigenvalue weighted by molar-refractivity contribution is 4.68. The highest BCUT2D eigenvalue weighted by Crippen LogP contribution is 2.20. The molecule has 1 aliphatic heterocycles. The van der Waals surface area contributed by atoms with Crippen LogP contribution in [0.4, 0.5) is 13.2 Å². The third kappa shape index (κ3) is 3.65. The fourth-order valence-corrected chi connectivity index (χ4v) is 1.89. The summed E-state index contributed by atoms with van der Waals surface area (Å²) < 4.78 is 37.3. The molecule has 15 heavy (non-hydrogen) atoms. The molecule has 0 aliphatic carbocycles. The summed E-state index contributed by atoms with van der Waals surface area (Å²) in [6.07, 6.45) is -4.06. The first-order valence-electron chi connectivity index (χ1n) is 5.36. The Morgan fingerprint density at radius 1 is 1.20 bits per heavy atom. The van der Waals surface area contributed by atoms with Gasteiger partial charge in [0.1, 0.15) is 0 Å². The molecule has 0 N–H and O–H groups in total. The zero-order valence-electron chi connectivity index (χ0n) is 9.64. The van der Waals surface area contributed by atoms with Crippen molar-refractivity contribution in [2.24, 2.45) is 0 Å². The van der Waals surface area contributed by atoms with Gasteiger partial charge in [0.25, 0.3) is 0 Å². The van der Waals surface area contributed by atoms with Crippen LogP contribution in [0.2, 0.25) is 0 Å². The SMILES string of the molecule is CC(C)[N+]1(C)CCN(CC(F)(F)F)CC1. The first-order valence-corrected chi connectivity index (χ1v) is 5.36. The molecule has 0 aromatic rings. The topological polar surface area (TPSA) is 3.24 Å². The highest BCUT2D eigenvalue weighted by atomic mass is 19.4. The molecule has 0 radical (unpaired) electrons. The van der Waals surface area contributed by atoms with Crippen LogP contribution in [0.5, 0.6) is 0 Å². The minimum atomic E-state index is -4.06. The van der Waals surface area contributed by atoms with Crippen LogP contribution in [-0.2, 0) is 0 Å². The lowest BCUT2D eigenvalue weighted by molar-refractivity contribution is -0.933. The van der Waals surface area contributed by atoms with Crippen LogP contribution >= 0.6 is 0 Å². The smallest absolute Gasteiger partial charge is 0.322 e. The maximum Gasteiger partial charge on any atom is 0.401 e. The molecule has 0 aromatic carbocycles. The minimum Gasteiger partial charge on any atom is -0.322 e. The second-order valence-corrected chi connectivity index (χ2v) is 4.91. The van der Waals surface area contributed by atoms with Gasteiger partial charge in [0.2, 0.25) is 0 Å². The van der Waals surface area contributed by atoms with Crippen LogP contribution in [0.15, 0.2) is 0 Å². The summed E-state index contributed by atoms with van der Waals surface area (Å²) >= 11 is 0. The standard InChI is InChI=1S/C10H20F3N2/c1-9(2)15(3)6-4-14(5-7-15)8-10(11,12)13/h9H,4-8H2,1-3H3/q+1. The number of hydrogen-bond acceptors (Lipinski definition) is 1. The van der Waals surface area contributed by atoms with E-state index in [9.17, 15) is 13.2 Å².